The fraction of sp³-hybridized carbons (Fsp3) is 0.333. The van der Waals surface area contributed by atoms with Crippen molar-refractivity contribution in [2.24, 2.45) is 5.73 Å². The van der Waals surface area contributed by atoms with Gasteiger partial charge in [-0.15, -0.1) is 10.2 Å². The molecule has 90 valence electrons. The molecule has 1 aromatic carbocycles. The second-order valence-electron chi connectivity index (χ2n) is 4.09. The van der Waals surface area contributed by atoms with Crippen molar-refractivity contribution >= 4 is 23.1 Å². The van der Waals surface area contributed by atoms with Crippen molar-refractivity contribution in [2.45, 2.75) is 35.5 Å². The normalized spacial score (nSPS) is 12.6. The third-order valence-corrected chi connectivity index (χ3v) is 4.29. The van der Waals surface area contributed by atoms with Gasteiger partial charge in [-0.3, -0.25) is 0 Å². The molecule has 5 heteroatoms. The first-order chi connectivity index (χ1) is 8.15. The van der Waals surface area contributed by atoms with Crippen LogP contribution in [0.5, 0.6) is 0 Å². The number of aromatic nitrogens is 2. The highest BCUT2D eigenvalue weighted by Gasteiger charge is 2.06. The minimum absolute atomic E-state index is 0.205. The number of rotatable bonds is 4. The van der Waals surface area contributed by atoms with E-state index in [9.17, 15) is 0 Å². The smallest absolute Gasteiger partial charge is 0.178 e. The van der Waals surface area contributed by atoms with E-state index in [-0.39, 0.29) is 6.04 Å². The number of benzene rings is 1. The van der Waals surface area contributed by atoms with E-state index in [4.69, 9.17) is 5.73 Å². The molecular formula is C12H15N3S2. The van der Waals surface area contributed by atoms with Crippen LogP contribution in [0.2, 0.25) is 0 Å². The summed E-state index contributed by atoms with van der Waals surface area (Å²) < 4.78 is 0.980. The van der Waals surface area contributed by atoms with Crippen LogP contribution in [0, 0.1) is 6.92 Å². The average molecular weight is 265 g/mol. The molecule has 0 aliphatic rings. The van der Waals surface area contributed by atoms with Crippen LogP contribution in [0.1, 0.15) is 18.1 Å². The van der Waals surface area contributed by atoms with E-state index < -0.39 is 0 Å². The summed E-state index contributed by atoms with van der Waals surface area (Å²) in [6.07, 6.45) is 0.921. The lowest BCUT2D eigenvalue weighted by molar-refractivity contribution is 0.737. The molecule has 0 spiro atoms. The molecule has 17 heavy (non-hydrogen) atoms. The van der Waals surface area contributed by atoms with Crippen LogP contribution in [0.15, 0.2) is 32.9 Å². The largest absolute Gasteiger partial charge is 0.328 e. The Morgan fingerprint density at radius 3 is 2.88 bits per heavy atom. The summed E-state index contributed by atoms with van der Waals surface area (Å²) in [7, 11) is 0. The van der Waals surface area contributed by atoms with Gasteiger partial charge in [-0.1, -0.05) is 35.2 Å². The maximum atomic E-state index is 5.80. The van der Waals surface area contributed by atoms with Crippen LogP contribution in [-0.4, -0.2) is 16.2 Å². The first kappa shape index (κ1) is 12.5. The molecule has 2 rings (SSSR count). The molecule has 0 aliphatic heterocycles. The van der Waals surface area contributed by atoms with Crippen molar-refractivity contribution in [3.63, 3.8) is 0 Å². The van der Waals surface area contributed by atoms with Crippen LogP contribution < -0.4 is 5.73 Å². The quantitative estimate of drug-likeness (QED) is 0.923. The number of aryl methyl sites for hydroxylation is 1. The van der Waals surface area contributed by atoms with E-state index in [1.807, 2.05) is 6.92 Å². The van der Waals surface area contributed by atoms with Crippen LogP contribution in [-0.2, 0) is 6.42 Å². The molecule has 3 nitrogen and oxygen atoms in total. The maximum absolute atomic E-state index is 5.80. The second kappa shape index (κ2) is 5.62. The molecule has 2 N–H and O–H groups in total. The van der Waals surface area contributed by atoms with Crippen LogP contribution in [0.3, 0.4) is 0 Å². The van der Waals surface area contributed by atoms with Gasteiger partial charge in [0.1, 0.15) is 5.51 Å². The second-order valence-corrected chi connectivity index (χ2v) is 6.21. The van der Waals surface area contributed by atoms with Gasteiger partial charge in [0.05, 0.1) is 0 Å². The molecule has 0 fully saturated rings. The zero-order valence-corrected chi connectivity index (χ0v) is 11.5. The van der Waals surface area contributed by atoms with E-state index in [2.05, 4.69) is 35.3 Å². The average Bonchev–Trinajstić information content (AvgIpc) is 2.74. The summed E-state index contributed by atoms with van der Waals surface area (Å²) in [6.45, 7) is 4.15. The van der Waals surface area contributed by atoms with E-state index in [1.165, 1.54) is 16.0 Å². The van der Waals surface area contributed by atoms with Gasteiger partial charge < -0.3 is 5.73 Å². The highest BCUT2D eigenvalue weighted by Crippen LogP contribution is 2.31. The van der Waals surface area contributed by atoms with Crippen molar-refractivity contribution in [3.8, 4) is 0 Å². The fourth-order valence-corrected chi connectivity index (χ4v) is 3.13. The Balaban J connectivity index is 2.14. The summed E-state index contributed by atoms with van der Waals surface area (Å²) >= 11 is 3.22. The lowest BCUT2D eigenvalue weighted by atomic mass is 10.1. The van der Waals surface area contributed by atoms with Gasteiger partial charge >= 0.3 is 0 Å². The molecule has 0 amide bonds. The number of hydrogen-bond donors (Lipinski definition) is 1. The highest BCUT2D eigenvalue weighted by molar-refractivity contribution is 8.01. The molecule has 0 saturated carbocycles. The first-order valence-electron chi connectivity index (χ1n) is 5.44. The molecule has 1 unspecified atom stereocenters. The molecule has 0 saturated heterocycles. The lowest BCUT2D eigenvalue weighted by Crippen LogP contribution is -2.17. The molecule has 0 bridgehead atoms. The topological polar surface area (TPSA) is 51.8 Å². The highest BCUT2D eigenvalue weighted by atomic mass is 32.2. The molecule has 1 aromatic heterocycles. The molecular weight excluding hydrogens is 250 g/mol. The Kier molecular flexibility index (Phi) is 4.15. The van der Waals surface area contributed by atoms with Gasteiger partial charge in [0, 0.05) is 10.9 Å². The SMILES string of the molecule is Cc1cc(CC(C)N)ccc1Sc1nncs1. The monoisotopic (exact) mass is 265 g/mol. The van der Waals surface area contributed by atoms with Crippen LogP contribution >= 0.6 is 23.1 Å². The van der Waals surface area contributed by atoms with Gasteiger partial charge in [0.25, 0.3) is 0 Å². The number of nitrogens with zero attached hydrogens (tertiary/aromatic N) is 2. The first-order valence-corrected chi connectivity index (χ1v) is 7.14. The number of hydrogen-bond acceptors (Lipinski definition) is 5. The number of nitrogens with two attached hydrogens (primary N) is 1. The molecule has 1 atom stereocenters. The summed E-state index contributed by atoms with van der Waals surface area (Å²) in [5.74, 6) is 0. The summed E-state index contributed by atoms with van der Waals surface area (Å²) in [4.78, 5) is 1.23. The Bertz CT molecular complexity index is 481. The Labute approximate surface area is 109 Å². The van der Waals surface area contributed by atoms with Crippen molar-refractivity contribution in [1.29, 1.82) is 0 Å². The summed E-state index contributed by atoms with van der Waals surface area (Å²) in [6, 6.07) is 6.68. The van der Waals surface area contributed by atoms with Crippen LogP contribution in [0.4, 0.5) is 0 Å². The molecule has 0 aliphatic carbocycles. The minimum Gasteiger partial charge on any atom is -0.328 e. The van der Waals surface area contributed by atoms with Crippen molar-refractivity contribution in [2.75, 3.05) is 0 Å². The van der Waals surface area contributed by atoms with E-state index in [0.29, 0.717) is 0 Å². The Morgan fingerprint density at radius 1 is 1.47 bits per heavy atom. The predicted molar refractivity (Wildman–Crippen MR) is 72.6 cm³/mol. The third kappa shape index (κ3) is 3.52. The maximum Gasteiger partial charge on any atom is 0.178 e. The van der Waals surface area contributed by atoms with Gasteiger partial charge in [0.15, 0.2) is 4.34 Å². The Hall–Kier alpha value is -0.910. The zero-order chi connectivity index (χ0) is 12.3. The standard InChI is InChI=1S/C12H15N3S2/c1-8-5-10(6-9(2)13)3-4-11(8)17-12-15-14-7-16-12/h3-5,7,9H,6,13H2,1-2H3. The fourth-order valence-electron chi connectivity index (χ4n) is 1.63. The zero-order valence-electron chi connectivity index (χ0n) is 9.88. The third-order valence-electron chi connectivity index (χ3n) is 2.33. The van der Waals surface area contributed by atoms with Gasteiger partial charge in [-0.2, -0.15) is 0 Å². The Morgan fingerprint density at radius 2 is 2.29 bits per heavy atom. The van der Waals surface area contributed by atoms with Gasteiger partial charge in [-0.25, -0.2) is 0 Å². The summed E-state index contributed by atoms with van der Waals surface area (Å²) in [5, 5.41) is 7.87. The van der Waals surface area contributed by atoms with Crippen LogP contribution in [0.25, 0.3) is 0 Å². The van der Waals surface area contributed by atoms with E-state index in [0.717, 1.165) is 10.8 Å². The molecule has 0 radical (unpaired) electrons. The van der Waals surface area contributed by atoms with E-state index in [1.54, 1.807) is 28.6 Å². The molecule has 1 heterocycles. The lowest BCUT2D eigenvalue weighted by Gasteiger charge is -2.08. The van der Waals surface area contributed by atoms with Gasteiger partial charge in [-0.05, 0) is 37.5 Å². The predicted octanol–water partition coefficient (Wildman–Crippen LogP) is 2.89. The van der Waals surface area contributed by atoms with Crippen molar-refractivity contribution < 1.29 is 0 Å². The van der Waals surface area contributed by atoms with E-state index >= 15 is 0 Å². The minimum atomic E-state index is 0.205. The molecule has 2 aromatic rings. The van der Waals surface area contributed by atoms with Crippen molar-refractivity contribution in [3.05, 3.63) is 34.8 Å². The van der Waals surface area contributed by atoms with Gasteiger partial charge in [0.2, 0.25) is 0 Å². The summed E-state index contributed by atoms with van der Waals surface area (Å²) in [5.41, 5.74) is 10.1. The van der Waals surface area contributed by atoms with Crippen molar-refractivity contribution in [1.82, 2.24) is 10.2 Å².